The molecule has 36 heavy (non-hydrogen) atoms. The molecule has 0 radical (unpaired) electrons. The minimum absolute atomic E-state index is 0.176. The maximum absolute atomic E-state index is 14.5. The van der Waals surface area contributed by atoms with Crippen LogP contribution in [0, 0.1) is 23.4 Å². The van der Waals surface area contributed by atoms with E-state index in [1.165, 1.54) is 12.1 Å². The fourth-order valence-corrected chi connectivity index (χ4v) is 5.01. The highest BCUT2D eigenvalue weighted by Crippen LogP contribution is 2.65. The number of amides is 2. The molecule has 1 saturated carbocycles. The molecule has 1 fully saturated rings. The van der Waals surface area contributed by atoms with Crippen molar-refractivity contribution >= 4 is 86.9 Å². The van der Waals surface area contributed by atoms with Gasteiger partial charge in [0.15, 0.2) is 5.82 Å². The zero-order valence-electron chi connectivity index (χ0n) is 17.6. The van der Waals surface area contributed by atoms with Crippen LogP contribution >= 0.6 is 58.0 Å². The highest BCUT2D eigenvalue weighted by molar-refractivity contribution is 6.53. The molecule has 5 nitrogen and oxygen atoms in total. The van der Waals surface area contributed by atoms with Crippen molar-refractivity contribution in [3.63, 3.8) is 0 Å². The lowest BCUT2D eigenvalue weighted by atomic mass is 10.1. The number of benzene rings is 3. The first-order chi connectivity index (χ1) is 16.8. The van der Waals surface area contributed by atoms with E-state index in [1.54, 1.807) is 6.07 Å². The van der Waals surface area contributed by atoms with Gasteiger partial charge in [-0.2, -0.15) is 0 Å². The van der Waals surface area contributed by atoms with E-state index in [4.69, 9.17) is 63.7 Å². The van der Waals surface area contributed by atoms with Crippen molar-refractivity contribution in [3.05, 3.63) is 86.1 Å². The lowest BCUT2D eigenvalue weighted by Crippen LogP contribution is -2.19. The molecule has 0 aromatic heterocycles. The summed E-state index contributed by atoms with van der Waals surface area (Å²) < 4.78 is 41.2. The molecule has 13 heteroatoms. The molecule has 0 unspecified atom stereocenters. The third-order valence-corrected chi connectivity index (χ3v) is 7.60. The Bertz CT molecular complexity index is 1420. The van der Waals surface area contributed by atoms with Gasteiger partial charge in [0.25, 0.3) is 5.91 Å². The van der Waals surface area contributed by atoms with Crippen molar-refractivity contribution in [2.24, 2.45) is 5.92 Å². The van der Waals surface area contributed by atoms with E-state index in [9.17, 15) is 22.8 Å². The maximum Gasteiger partial charge on any atom is 0.257 e. The number of alkyl halides is 2. The van der Waals surface area contributed by atoms with Crippen LogP contribution in [0.4, 0.5) is 30.2 Å². The summed E-state index contributed by atoms with van der Waals surface area (Å²) in [7, 11) is 0. The Balaban J connectivity index is 1.57. The van der Waals surface area contributed by atoms with E-state index in [0.29, 0.717) is 10.6 Å². The minimum Gasteiger partial charge on any atom is -0.396 e. The van der Waals surface area contributed by atoms with E-state index in [1.807, 2.05) is 5.32 Å². The molecule has 1 aliphatic rings. The molecule has 0 saturated heterocycles. The molecule has 1 aliphatic carbocycles. The van der Waals surface area contributed by atoms with E-state index in [0.717, 1.165) is 24.3 Å². The lowest BCUT2D eigenvalue weighted by molar-refractivity contribution is -0.117. The van der Waals surface area contributed by atoms with Gasteiger partial charge in [0.1, 0.15) is 21.7 Å². The molecule has 0 bridgehead atoms. The Morgan fingerprint density at radius 3 is 2.25 bits per heavy atom. The van der Waals surface area contributed by atoms with Crippen LogP contribution in [0.25, 0.3) is 0 Å². The average Bonchev–Trinajstić information content (AvgIpc) is 3.39. The summed E-state index contributed by atoms with van der Waals surface area (Å²) in [5.74, 6) is -6.84. The van der Waals surface area contributed by atoms with Gasteiger partial charge in [-0.05, 0) is 42.0 Å². The first kappa shape index (κ1) is 26.7. The molecular formula is C23H13Cl5F3N3O2. The SMILES string of the molecule is Nc1ccc(F)c(NC(=O)c2cc(NC(=O)[C@H]3[C@H](c4ccc(Cl)c(Cl)c4)C3(Cl)Cl)cc(F)c2Cl)c1F. The minimum atomic E-state index is -1.49. The lowest BCUT2D eigenvalue weighted by Gasteiger charge is -2.12. The predicted octanol–water partition coefficient (Wildman–Crippen LogP) is 7.42. The van der Waals surface area contributed by atoms with E-state index in [-0.39, 0.29) is 10.7 Å². The molecule has 2 amide bonds. The summed E-state index contributed by atoms with van der Waals surface area (Å²) in [6.45, 7) is 0. The normalized spacial score (nSPS) is 18.0. The third-order valence-electron chi connectivity index (χ3n) is 5.54. The van der Waals surface area contributed by atoms with Crippen LogP contribution in [0.3, 0.4) is 0 Å². The topological polar surface area (TPSA) is 84.2 Å². The molecule has 2 atom stereocenters. The second-order valence-electron chi connectivity index (χ2n) is 7.89. The quantitative estimate of drug-likeness (QED) is 0.211. The number of carbonyl (C=O) groups excluding carboxylic acids is 2. The van der Waals surface area contributed by atoms with Gasteiger partial charge in [-0.1, -0.05) is 40.9 Å². The van der Waals surface area contributed by atoms with E-state index < -0.39 is 67.4 Å². The summed E-state index contributed by atoms with van der Waals surface area (Å²) in [6, 6.07) is 8.38. The largest absolute Gasteiger partial charge is 0.396 e. The summed E-state index contributed by atoms with van der Waals surface area (Å²) in [5.41, 5.74) is 4.01. The third kappa shape index (κ3) is 4.93. The standard InChI is InChI=1S/C23H13Cl5F3N3O2/c24-11-2-1-8(5-12(11)25)16-17(23(16,27)28)22(36)33-9-6-10(18(26)14(30)7-9)21(35)34-20-13(29)3-4-15(32)19(20)31/h1-7,16-17H,32H2,(H,33,36)(H,34,35)/t16-,17+/m0/s1. The number of nitrogens with one attached hydrogen (secondary N) is 2. The Morgan fingerprint density at radius 2 is 1.58 bits per heavy atom. The Labute approximate surface area is 227 Å². The van der Waals surface area contributed by atoms with Crippen LogP contribution in [0.1, 0.15) is 21.8 Å². The van der Waals surface area contributed by atoms with Gasteiger partial charge >= 0.3 is 0 Å². The number of carbonyl (C=O) groups is 2. The highest BCUT2D eigenvalue weighted by atomic mass is 35.5. The second kappa shape index (κ2) is 9.84. The number of anilines is 3. The number of rotatable bonds is 5. The van der Waals surface area contributed by atoms with Crippen LogP contribution < -0.4 is 16.4 Å². The monoisotopic (exact) mass is 595 g/mol. The van der Waals surface area contributed by atoms with Crippen molar-refractivity contribution in [3.8, 4) is 0 Å². The zero-order chi connectivity index (χ0) is 26.5. The van der Waals surface area contributed by atoms with E-state index >= 15 is 0 Å². The fraction of sp³-hybridized carbons (Fsp3) is 0.130. The Kier molecular flexibility index (Phi) is 7.29. The Morgan fingerprint density at radius 1 is 0.889 bits per heavy atom. The summed E-state index contributed by atoms with van der Waals surface area (Å²) >= 11 is 30.5. The van der Waals surface area contributed by atoms with Crippen LogP contribution in [0.2, 0.25) is 15.1 Å². The van der Waals surface area contributed by atoms with Crippen LogP contribution in [0.15, 0.2) is 42.5 Å². The molecule has 0 heterocycles. The highest BCUT2D eigenvalue weighted by Gasteiger charge is 2.67. The maximum atomic E-state index is 14.5. The van der Waals surface area contributed by atoms with E-state index in [2.05, 4.69) is 5.32 Å². The van der Waals surface area contributed by atoms with Gasteiger partial charge < -0.3 is 16.4 Å². The number of nitrogens with two attached hydrogens (primary N) is 1. The number of halogens is 8. The number of hydrogen-bond acceptors (Lipinski definition) is 3. The number of nitrogen functional groups attached to an aromatic ring is 1. The molecular weight excluding hydrogens is 585 g/mol. The van der Waals surface area contributed by atoms with Crippen molar-refractivity contribution in [2.45, 2.75) is 10.3 Å². The predicted molar refractivity (Wildman–Crippen MR) is 136 cm³/mol. The number of hydrogen-bond donors (Lipinski definition) is 3. The van der Waals surface area contributed by atoms with Gasteiger partial charge in [0.05, 0.1) is 32.2 Å². The van der Waals surface area contributed by atoms with Gasteiger partial charge in [-0.25, -0.2) is 13.2 Å². The summed E-state index contributed by atoms with van der Waals surface area (Å²) in [4.78, 5) is 25.6. The van der Waals surface area contributed by atoms with Crippen molar-refractivity contribution in [1.82, 2.24) is 0 Å². The Hall–Kier alpha value is -2.36. The van der Waals surface area contributed by atoms with Gasteiger partial charge in [0, 0.05) is 11.6 Å². The first-order valence-electron chi connectivity index (χ1n) is 10.0. The molecule has 0 spiro atoms. The smallest absolute Gasteiger partial charge is 0.257 e. The summed E-state index contributed by atoms with van der Waals surface area (Å²) in [6.07, 6.45) is 0. The van der Waals surface area contributed by atoms with Crippen molar-refractivity contribution < 1.29 is 22.8 Å². The second-order valence-corrected chi connectivity index (χ2v) is 10.5. The summed E-state index contributed by atoms with van der Waals surface area (Å²) in [5, 5.41) is 4.31. The zero-order valence-corrected chi connectivity index (χ0v) is 21.4. The molecule has 3 aromatic rings. The molecule has 0 aliphatic heterocycles. The van der Waals surface area contributed by atoms with Gasteiger partial charge in [-0.3, -0.25) is 9.59 Å². The van der Waals surface area contributed by atoms with Crippen LogP contribution in [-0.2, 0) is 4.79 Å². The van der Waals surface area contributed by atoms with Crippen molar-refractivity contribution in [2.75, 3.05) is 16.4 Å². The van der Waals surface area contributed by atoms with Gasteiger partial charge in [-0.15, -0.1) is 23.2 Å². The average molecular weight is 598 g/mol. The molecule has 4 N–H and O–H groups in total. The fourth-order valence-electron chi connectivity index (χ4n) is 3.68. The van der Waals surface area contributed by atoms with Crippen molar-refractivity contribution in [1.29, 1.82) is 0 Å². The molecule has 188 valence electrons. The van der Waals surface area contributed by atoms with Crippen LogP contribution in [0.5, 0.6) is 0 Å². The van der Waals surface area contributed by atoms with Gasteiger partial charge in [0.2, 0.25) is 5.91 Å². The first-order valence-corrected chi connectivity index (χ1v) is 11.9. The molecule has 3 aromatic carbocycles. The van der Waals surface area contributed by atoms with Crippen LogP contribution in [-0.4, -0.2) is 16.1 Å². The molecule has 4 rings (SSSR count).